The van der Waals surface area contributed by atoms with Crippen molar-refractivity contribution in [2.24, 2.45) is 52.3 Å². The number of unbranched alkanes of at least 4 members (excludes halogenated alkanes) is 9. The second-order valence-corrected chi connectivity index (χ2v) is 22.4. The fourth-order valence-corrected chi connectivity index (χ4v) is 13.5. The van der Waals surface area contributed by atoms with E-state index in [1.165, 1.54) is 148 Å². The maximum atomic E-state index is 6.52. The Kier molecular flexibility index (Phi) is 23.7. The lowest BCUT2D eigenvalue weighted by molar-refractivity contribution is -0.0731. The van der Waals surface area contributed by atoms with Gasteiger partial charge in [0.05, 0.1) is 45.2 Å². The smallest absolute Gasteiger partial charge is 0.0936 e. The lowest BCUT2D eigenvalue weighted by Crippen LogP contribution is -2.51. The quantitative estimate of drug-likeness (QED) is 0.0498. The van der Waals surface area contributed by atoms with Crippen LogP contribution in [0.25, 0.3) is 0 Å². The summed E-state index contributed by atoms with van der Waals surface area (Å²) in [6.45, 7) is 24.8. The van der Waals surface area contributed by atoms with Gasteiger partial charge >= 0.3 is 0 Å². The Hall–Kier alpha value is -0.980. The van der Waals surface area contributed by atoms with Gasteiger partial charge in [0.1, 0.15) is 0 Å². The van der Waals surface area contributed by atoms with Crippen molar-refractivity contribution in [1.29, 1.82) is 0 Å². The zero-order chi connectivity index (χ0) is 44.0. The molecule has 10 atom stereocenters. The molecular weight excluding hydrogens is 763 g/mol. The molecule has 5 nitrogen and oxygen atoms in total. The second kappa shape index (κ2) is 28.3. The van der Waals surface area contributed by atoms with Crippen molar-refractivity contribution in [3.8, 4) is 0 Å². The van der Waals surface area contributed by atoms with Gasteiger partial charge in [-0.05, 0) is 155 Å². The number of ether oxygens (including phenoxy) is 4. The van der Waals surface area contributed by atoms with E-state index in [0.717, 1.165) is 73.8 Å². The number of rotatable bonds is 32. The Bertz CT molecular complexity index is 1290. The van der Waals surface area contributed by atoms with Crippen LogP contribution >= 0.6 is 0 Å². The largest absolute Gasteiger partial charge is 0.379 e. The molecule has 0 radical (unpaired) electrons. The Morgan fingerprint density at radius 3 is 2.26 bits per heavy atom. The number of likely N-dealkylation sites (tertiary alicyclic amines) is 1. The highest BCUT2D eigenvalue weighted by Crippen LogP contribution is 2.67. The Morgan fingerprint density at radius 1 is 0.742 bits per heavy atom. The van der Waals surface area contributed by atoms with E-state index in [-0.39, 0.29) is 6.10 Å². The van der Waals surface area contributed by atoms with Crippen molar-refractivity contribution in [2.75, 3.05) is 59.3 Å². The molecule has 4 fully saturated rings. The summed E-state index contributed by atoms with van der Waals surface area (Å²) in [6.07, 6.45) is 44.2. The molecule has 62 heavy (non-hydrogen) atoms. The SMILES string of the molecule is CCCCC/C=C\C/C=C\CCCCCCCCOCC(CN1CC[C@H](C)C1)OCCOCCO[C@H]1CC[C@@]2(C)C(=CCC3C2CC[C@@]2(C)C3CC[C@@H]2[C@H](C)CCCC(C)C)C1. The predicted molar refractivity (Wildman–Crippen MR) is 264 cm³/mol. The zero-order valence-electron chi connectivity index (χ0n) is 42.0. The van der Waals surface area contributed by atoms with Gasteiger partial charge in [-0.3, -0.25) is 0 Å². The molecule has 358 valence electrons. The molecule has 5 heteroatoms. The topological polar surface area (TPSA) is 40.2 Å². The van der Waals surface area contributed by atoms with Crippen LogP contribution < -0.4 is 0 Å². The Balaban J connectivity index is 0.912. The molecule has 0 spiro atoms. The second-order valence-electron chi connectivity index (χ2n) is 22.4. The average molecular weight is 864 g/mol. The van der Waals surface area contributed by atoms with Gasteiger partial charge in [-0.1, -0.05) is 142 Å². The summed E-state index contributed by atoms with van der Waals surface area (Å²) in [5.74, 6) is 6.15. The highest BCUT2D eigenvalue weighted by atomic mass is 16.6. The molecule has 0 aromatic carbocycles. The van der Waals surface area contributed by atoms with Gasteiger partial charge in [-0.2, -0.15) is 0 Å². The van der Waals surface area contributed by atoms with Crippen LogP contribution in [0.2, 0.25) is 0 Å². The van der Waals surface area contributed by atoms with E-state index in [1.807, 2.05) is 0 Å². The molecular formula is C57H101NO4. The van der Waals surface area contributed by atoms with Gasteiger partial charge < -0.3 is 23.8 Å². The number of allylic oxidation sites excluding steroid dienone is 5. The first-order valence-corrected chi connectivity index (χ1v) is 27.2. The highest BCUT2D eigenvalue weighted by molar-refractivity contribution is 5.25. The molecule has 5 aliphatic rings. The Labute approximate surface area is 384 Å². The van der Waals surface area contributed by atoms with E-state index in [9.17, 15) is 0 Å². The molecule has 0 aromatic heterocycles. The van der Waals surface area contributed by atoms with Crippen molar-refractivity contribution >= 4 is 0 Å². The van der Waals surface area contributed by atoms with Crippen LogP contribution in [0.4, 0.5) is 0 Å². The van der Waals surface area contributed by atoms with Crippen LogP contribution in [0.3, 0.4) is 0 Å². The molecule has 0 aromatic rings. The first-order valence-electron chi connectivity index (χ1n) is 27.2. The van der Waals surface area contributed by atoms with Gasteiger partial charge in [0.15, 0.2) is 0 Å². The summed E-state index contributed by atoms with van der Waals surface area (Å²) in [7, 11) is 0. The fourth-order valence-electron chi connectivity index (χ4n) is 13.5. The van der Waals surface area contributed by atoms with E-state index in [2.05, 4.69) is 83.7 Å². The predicted octanol–water partition coefficient (Wildman–Crippen LogP) is 15.0. The zero-order valence-corrected chi connectivity index (χ0v) is 42.0. The summed E-state index contributed by atoms with van der Waals surface area (Å²) in [5, 5.41) is 0. The number of nitrogens with zero attached hydrogens (tertiary/aromatic N) is 1. The molecule has 0 bridgehead atoms. The van der Waals surface area contributed by atoms with Crippen molar-refractivity contribution < 1.29 is 18.9 Å². The van der Waals surface area contributed by atoms with Crippen LogP contribution in [0.5, 0.6) is 0 Å². The molecule has 0 amide bonds. The molecule has 1 saturated heterocycles. The van der Waals surface area contributed by atoms with Gasteiger partial charge in [0.25, 0.3) is 0 Å². The van der Waals surface area contributed by atoms with Gasteiger partial charge in [-0.25, -0.2) is 0 Å². The molecule has 3 saturated carbocycles. The van der Waals surface area contributed by atoms with Crippen molar-refractivity contribution in [3.05, 3.63) is 36.0 Å². The van der Waals surface area contributed by atoms with E-state index in [0.29, 0.717) is 50.0 Å². The van der Waals surface area contributed by atoms with Crippen molar-refractivity contribution in [1.82, 2.24) is 4.90 Å². The molecule has 4 aliphatic carbocycles. The third-order valence-corrected chi connectivity index (χ3v) is 17.2. The third kappa shape index (κ3) is 16.4. The van der Waals surface area contributed by atoms with Crippen molar-refractivity contribution in [3.63, 3.8) is 0 Å². The van der Waals surface area contributed by atoms with E-state index in [4.69, 9.17) is 18.9 Å². The minimum absolute atomic E-state index is 0.112. The maximum Gasteiger partial charge on any atom is 0.0936 e. The lowest BCUT2D eigenvalue weighted by Gasteiger charge is -2.58. The minimum atomic E-state index is 0.112. The first-order chi connectivity index (χ1) is 30.1. The fraction of sp³-hybridized carbons (Fsp3) is 0.895. The summed E-state index contributed by atoms with van der Waals surface area (Å²) in [5.41, 5.74) is 2.68. The minimum Gasteiger partial charge on any atom is -0.379 e. The number of hydrogen-bond acceptors (Lipinski definition) is 5. The summed E-state index contributed by atoms with van der Waals surface area (Å²) in [6, 6.07) is 0. The first kappa shape index (κ1) is 52.0. The normalized spacial score (nSPS) is 31.2. The van der Waals surface area contributed by atoms with E-state index >= 15 is 0 Å². The van der Waals surface area contributed by atoms with Crippen LogP contribution in [0.1, 0.15) is 203 Å². The maximum absolute atomic E-state index is 6.52. The van der Waals surface area contributed by atoms with E-state index < -0.39 is 0 Å². The summed E-state index contributed by atoms with van der Waals surface area (Å²) >= 11 is 0. The van der Waals surface area contributed by atoms with Crippen LogP contribution in [0.15, 0.2) is 36.0 Å². The molecule has 0 N–H and O–H groups in total. The number of hydrogen-bond donors (Lipinski definition) is 0. The standard InChI is InChI=1S/C57H101NO4/c1-8-9-10-11-12-13-14-15-16-17-18-19-20-21-22-23-37-60-45-51(44-58-36-33-47(4)43-58)62-41-39-59-38-40-61-50-31-34-56(6)49(42-50)27-28-52-54-30-29-53(48(5)26-24-25-46(2)3)57(54,7)35-32-55(52)56/h12-13,15-16,27,46-48,50-55H,8-11,14,17-26,28-45H2,1-7H3/b13-12-,16-15-/t47-,48+,50-,51?,52?,53+,54?,55?,56-,57+/m0/s1. The van der Waals surface area contributed by atoms with Crippen molar-refractivity contribution in [2.45, 2.75) is 215 Å². The molecule has 4 unspecified atom stereocenters. The number of fused-ring (bicyclic) bond motifs is 5. The van der Waals surface area contributed by atoms with Crippen LogP contribution in [0, 0.1) is 52.3 Å². The highest BCUT2D eigenvalue weighted by Gasteiger charge is 2.59. The molecule has 1 aliphatic heterocycles. The van der Waals surface area contributed by atoms with Crippen LogP contribution in [-0.2, 0) is 18.9 Å². The lowest BCUT2D eigenvalue weighted by atomic mass is 9.47. The Morgan fingerprint density at radius 2 is 1.50 bits per heavy atom. The molecule has 5 rings (SSSR count). The molecule has 1 heterocycles. The van der Waals surface area contributed by atoms with Gasteiger partial charge in [0.2, 0.25) is 0 Å². The van der Waals surface area contributed by atoms with Gasteiger partial charge in [0, 0.05) is 19.7 Å². The third-order valence-electron chi connectivity index (χ3n) is 17.2. The summed E-state index contributed by atoms with van der Waals surface area (Å²) < 4.78 is 25.2. The average Bonchev–Trinajstić information content (AvgIpc) is 3.84. The monoisotopic (exact) mass is 864 g/mol. The van der Waals surface area contributed by atoms with Crippen LogP contribution in [-0.4, -0.2) is 76.4 Å². The van der Waals surface area contributed by atoms with E-state index in [1.54, 1.807) is 5.57 Å². The summed E-state index contributed by atoms with van der Waals surface area (Å²) in [4.78, 5) is 2.57. The van der Waals surface area contributed by atoms with Gasteiger partial charge in [-0.15, -0.1) is 0 Å².